The summed E-state index contributed by atoms with van der Waals surface area (Å²) in [6, 6.07) is 14.1. The van der Waals surface area contributed by atoms with E-state index in [9.17, 15) is 4.39 Å². The molecule has 0 unspecified atom stereocenters. The zero-order valence-corrected chi connectivity index (χ0v) is 18.4. The Hall–Kier alpha value is -3.53. The van der Waals surface area contributed by atoms with Crippen LogP contribution >= 0.6 is 0 Å². The Morgan fingerprint density at radius 3 is 2.09 bits per heavy atom. The van der Waals surface area contributed by atoms with Crippen molar-refractivity contribution >= 4 is 11.4 Å². The SMILES string of the molecule is C.C=CC=C(C)/C=C(/c1ccc(C#N)c(F)c1)N(C)c1ccc(OC)cc1.CC.F.F.F. The maximum Gasteiger partial charge on any atom is 0.141 e. The number of hydrogen-bond acceptors (Lipinski definition) is 3. The number of nitriles is 1. The smallest absolute Gasteiger partial charge is 0.141 e. The molecule has 0 spiro atoms. The van der Waals surface area contributed by atoms with Crippen LogP contribution in [0.3, 0.4) is 0 Å². The standard InChI is InChI=1S/C22H21FN2O.C2H6.CH4.3FH/c1-5-6-16(2)13-22(17-7-8-18(15-24)21(23)14-17)25(3)19-9-11-20(26-4)12-10-19;1-2;;;;/h5-14H,1H2,2-4H3;1-2H3;1H4;3*1H/b16-6?,22-13-;;;;;. The Morgan fingerprint density at radius 2 is 1.66 bits per heavy atom. The Morgan fingerprint density at radius 1 is 1.09 bits per heavy atom. The molecule has 0 atom stereocenters. The molecule has 0 aliphatic heterocycles. The molecule has 0 fully saturated rings. The quantitative estimate of drug-likeness (QED) is 0.336. The lowest BCUT2D eigenvalue weighted by Crippen LogP contribution is -2.16. The van der Waals surface area contributed by atoms with E-state index in [1.54, 1.807) is 19.3 Å². The first-order valence-electron chi connectivity index (χ1n) is 9.09. The molecule has 0 saturated heterocycles. The summed E-state index contributed by atoms with van der Waals surface area (Å²) < 4.78 is 19.3. The predicted molar refractivity (Wildman–Crippen MR) is 130 cm³/mol. The summed E-state index contributed by atoms with van der Waals surface area (Å²) in [6.45, 7) is 9.66. The summed E-state index contributed by atoms with van der Waals surface area (Å²) in [5.74, 6) is 0.226. The van der Waals surface area contributed by atoms with Crippen molar-refractivity contribution in [3.63, 3.8) is 0 Å². The summed E-state index contributed by atoms with van der Waals surface area (Å²) in [5.41, 5.74) is 3.40. The Kier molecular flexibility index (Phi) is 20.5. The van der Waals surface area contributed by atoms with Crippen LogP contribution in [0, 0.1) is 17.1 Å². The third-order valence-corrected chi connectivity index (χ3v) is 3.95. The fraction of sp³-hybridized carbons (Fsp3) is 0.240. The van der Waals surface area contributed by atoms with E-state index in [4.69, 9.17) is 10.00 Å². The molecule has 3 nitrogen and oxygen atoms in total. The van der Waals surface area contributed by atoms with E-state index < -0.39 is 5.82 Å². The van der Waals surface area contributed by atoms with Crippen molar-refractivity contribution in [1.82, 2.24) is 0 Å². The summed E-state index contributed by atoms with van der Waals surface area (Å²) >= 11 is 0. The fourth-order valence-corrected chi connectivity index (χ4v) is 2.53. The van der Waals surface area contributed by atoms with E-state index in [0.29, 0.717) is 5.56 Å². The summed E-state index contributed by atoms with van der Waals surface area (Å²) in [6.07, 6.45) is 5.53. The van der Waals surface area contributed by atoms with Gasteiger partial charge in [-0.05, 0) is 55.0 Å². The largest absolute Gasteiger partial charge is 0.497 e. The van der Waals surface area contributed by atoms with E-state index >= 15 is 0 Å². The van der Waals surface area contributed by atoms with E-state index in [1.165, 1.54) is 12.1 Å². The minimum atomic E-state index is -0.538. The normalized spacial score (nSPS) is 9.66. The number of hydrogen-bond donors (Lipinski definition) is 0. The summed E-state index contributed by atoms with van der Waals surface area (Å²) in [7, 11) is 3.53. The fourth-order valence-electron chi connectivity index (χ4n) is 2.53. The molecule has 0 aliphatic carbocycles. The third kappa shape index (κ3) is 9.52. The molecule has 0 radical (unpaired) electrons. The number of rotatable bonds is 6. The van der Waals surface area contributed by atoms with Crippen LogP contribution in [0.1, 0.15) is 39.3 Å². The second-order valence-electron chi connectivity index (χ2n) is 5.74. The number of methoxy groups -OCH3 is 1. The molecule has 178 valence electrons. The molecule has 0 N–H and O–H groups in total. The summed E-state index contributed by atoms with van der Waals surface area (Å²) in [5, 5.41) is 8.95. The van der Waals surface area contributed by atoms with Crippen molar-refractivity contribution in [3.8, 4) is 11.8 Å². The number of allylic oxidation sites excluding steroid dienone is 4. The second-order valence-corrected chi connectivity index (χ2v) is 5.74. The highest BCUT2D eigenvalue weighted by Crippen LogP contribution is 2.28. The molecule has 32 heavy (non-hydrogen) atoms. The highest BCUT2D eigenvalue weighted by Gasteiger charge is 2.13. The molecular formula is C25H34F4N2O. The Balaban J connectivity index is -0.000000635. The maximum atomic E-state index is 14.1. The third-order valence-electron chi connectivity index (χ3n) is 3.95. The highest BCUT2D eigenvalue weighted by atomic mass is 19.1. The molecule has 0 aliphatic rings. The van der Waals surface area contributed by atoms with Crippen LogP contribution in [-0.4, -0.2) is 14.2 Å². The first-order valence-corrected chi connectivity index (χ1v) is 9.09. The van der Waals surface area contributed by atoms with Crippen LogP contribution < -0.4 is 9.64 Å². The van der Waals surface area contributed by atoms with Crippen molar-refractivity contribution in [2.75, 3.05) is 19.1 Å². The van der Waals surface area contributed by atoms with Gasteiger partial charge in [0.2, 0.25) is 0 Å². The summed E-state index contributed by atoms with van der Waals surface area (Å²) in [4.78, 5) is 1.96. The van der Waals surface area contributed by atoms with Crippen LogP contribution in [0.15, 0.2) is 72.8 Å². The first kappa shape index (κ1) is 35.9. The lowest BCUT2D eigenvalue weighted by Gasteiger charge is -2.24. The Bertz CT molecular complexity index is 901. The van der Waals surface area contributed by atoms with Gasteiger partial charge < -0.3 is 9.64 Å². The van der Waals surface area contributed by atoms with Crippen molar-refractivity contribution < 1.29 is 23.2 Å². The van der Waals surface area contributed by atoms with E-state index in [0.717, 1.165) is 22.7 Å². The minimum absolute atomic E-state index is 0. The van der Waals surface area contributed by atoms with Gasteiger partial charge in [0.05, 0.1) is 12.7 Å². The van der Waals surface area contributed by atoms with Crippen molar-refractivity contribution in [2.24, 2.45) is 0 Å². The number of nitrogens with zero attached hydrogens (tertiary/aromatic N) is 2. The molecule has 0 heterocycles. The Labute approximate surface area is 189 Å². The van der Waals surface area contributed by atoms with Gasteiger partial charge in [0, 0.05) is 24.0 Å². The predicted octanol–water partition coefficient (Wildman–Crippen LogP) is 7.44. The number of ether oxygens (including phenoxy) is 1. The van der Waals surface area contributed by atoms with Gasteiger partial charge in [-0.2, -0.15) is 5.26 Å². The van der Waals surface area contributed by atoms with Gasteiger partial charge in [0.25, 0.3) is 0 Å². The van der Waals surface area contributed by atoms with Crippen molar-refractivity contribution in [1.29, 1.82) is 5.26 Å². The van der Waals surface area contributed by atoms with Crippen LogP contribution in [0.25, 0.3) is 5.70 Å². The minimum Gasteiger partial charge on any atom is -0.497 e. The maximum absolute atomic E-state index is 14.1. The topological polar surface area (TPSA) is 36.3 Å². The van der Waals surface area contributed by atoms with E-state index in [-0.39, 0.29) is 27.1 Å². The number of benzene rings is 2. The van der Waals surface area contributed by atoms with Gasteiger partial charge in [-0.25, -0.2) is 4.39 Å². The van der Waals surface area contributed by atoms with Gasteiger partial charge >= 0.3 is 0 Å². The van der Waals surface area contributed by atoms with Gasteiger partial charge in [0.1, 0.15) is 17.6 Å². The molecule has 0 saturated carbocycles. The molecule has 0 amide bonds. The number of halogens is 4. The van der Waals surface area contributed by atoms with Crippen LogP contribution in [-0.2, 0) is 0 Å². The molecule has 0 aromatic heterocycles. The lowest BCUT2D eigenvalue weighted by atomic mass is 10.0. The second kappa shape index (κ2) is 18.3. The average molecular weight is 455 g/mol. The van der Waals surface area contributed by atoms with Crippen LogP contribution in [0.5, 0.6) is 5.75 Å². The van der Waals surface area contributed by atoms with Crippen LogP contribution in [0.2, 0.25) is 0 Å². The lowest BCUT2D eigenvalue weighted by molar-refractivity contribution is 0.415. The molecule has 2 rings (SSSR count). The zero-order chi connectivity index (χ0) is 21.1. The molecule has 2 aromatic carbocycles. The molecule has 0 bridgehead atoms. The highest BCUT2D eigenvalue weighted by molar-refractivity contribution is 5.80. The molecule has 7 heteroatoms. The number of anilines is 1. The van der Waals surface area contributed by atoms with Gasteiger partial charge in [-0.15, -0.1) is 0 Å². The van der Waals surface area contributed by atoms with E-state index in [1.807, 2.05) is 75.2 Å². The zero-order valence-electron chi connectivity index (χ0n) is 18.4. The van der Waals surface area contributed by atoms with Gasteiger partial charge in [0.15, 0.2) is 0 Å². The first-order chi connectivity index (χ1) is 13.5. The van der Waals surface area contributed by atoms with Crippen molar-refractivity contribution in [3.05, 3.63) is 89.8 Å². The molecular weight excluding hydrogens is 420 g/mol. The van der Waals surface area contributed by atoms with Gasteiger partial charge in [-0.1, -0.05) is 46.1 Å². The van der Waals surface area contributed by atoms with Crippen LogP contribution in [0.4, 0.5) is 24.2 Å². The van der Waals surface area contributed by atoms with Gasteiger partial charge in [-0.3, -0.25) is 14.1 Å². The molecule has 2 aromatic rings. The average Bonchev–Trinajstić information content (AvgIpc) is 2.73. The monoisotopic (exact) mass is 454 g/mol. The van der Waals surface area contributed by atoms with E-state index in [2.05, 4.69) is 6.58 Å². The van der Waals surface area contributed by atoms with Crippen molar-refractivity contribution in [2.45, 2.75) is 28.2 Å².